The molecule has 0 saturated heterocycles. The number of benzene rings is 1. The lowest BCUT2D eigenvalue weighted by Crippen LogP contribution is -2.39. The Balaban J connectivity index is 1.94. The Hall–Kier alpha value is -2.70. The molecule has 7 heteroatoms. The number of hydrogen-bond donors (Lipinski definition) is 1. The summed E-state index contributed by atoms with van der Waals surface area (Å²) < 4.78 is 12.7. The number of carbonyl (C=O) groups excluding carboxylic acids is 1. The Labute approximate surface area is 153 Å². The normalized spacial score (nSPS) is 14.1. The maximum absolute atomic E-state index is 12.4. The monoisotopic (exact) mass is 358 g/mol. The van der Waals surface area contributed by atoms with Gasteiger partial charge in [0.1, 0.15) is 22.9 Å². The van der Waals surface area contributed by atoms with Crippen LogP contribution in [-0.2, 0) is 17.7 Å². The van der Waals surface area contributed by atoms with Crippen molar-refractivity contribution < 1.29 is 14.3 Å². The number of aryl methyl sites for hydroxylation is 1. The van der Waals surface area contributed by atoms with Gasteiger partial charge in [-0.05, 0) is 39.3 Å². The first-order valence-corrected chi connectivity index (χ1v) is 8.69. The van der Waals surface area contributed by atoms with E-state index < -0.39 is 5.60 Å². The average Bonchev–Trinajstić information content (AvgIpc) is 2.89. The average molecular weight is 358 g/mol. The first-order chi connectivity index (χ1) is 12.2. The quantitative estimate of drug-likeness (QED) is 0.892. The van der Waals surface area contributed by atoms with E-state index in [1.807, 2.05) is 45.9 Å². The zero-order chi connectivity index (χ0) is 19.1. The van der Waals surface area contributed by atoms with Crippen LogP contribution in [0.1, 0.15) is 37.6 Å². The van der Waals surface area contributed by atoms with Gasteiger partial charge in [0.2, 0.25) is 0 Å². The zero-order valence-corrected chi connectivity index (χ0v) is 16.0. The van der Waals surface area contributed by atoms with E-state index in [0.29, 0.717) is 31.1 Å². The minimum Gasteiger partial charge on any atom is -0.494 e. The van der Waals surface area contributed by atoms with E-state index in [1.165, 1.54) is 0 Å². The third-order valence-electron chi connectivity index (χ3n) is 4.36. The van der Waals surface area contributed by atoms with Crippen molar-refractivity contribution in [2.75, 3.05) is 19.4 Å². The van der Waals surface area contributed by atoms with Crippen molar-refractivity contribution in [1.82, 2.24) is 14.7 Å². The maximum atomic E-state index is 12.4. The summed E-state index contributed by atoms with van der Waals surface area (Å²) in [4.78, 5) is 14.1. The van der Waals surface area contributed by atoms with Crippen molar-refractivity contribution in [3.8, 4) is 11.4 Å². The molecule has 0 unspecified atom stereocenters. The number of fused-ring (bicyclic) bond motifs is 1. The fourth-order valence-corrected chi connectivity index (χ4v) is 3.12. The standard InChI is InChI=1S/C19H26N4O3/c1-12-7-6-8-15(25-5)16(12)23-17(20)13-11-22(10-9-14(13)21-23)18(24)26-19(2,3)4/h6-8H,9-11,20H2,1-5H3. The van der Waals surface area contributed by atoms with Gasteiger partial charge in [0.25, 0.3) is 0 Å². The topological polar surface area (TPSA) is 82.6 Å². The Morgan fingerprint density at radius 2 is 2.04 bits per heavy atom. The first-order valence-electron chi connectivity index (χ1n) is 8.69. The van der Waals surface area contributed by atoms with Crippen molar-refractivity contribution in [2.24, 2.45) is 0 Å². The fourth-order valence-electron chi connectivity index (χ4n) is 3.12. The Kier molecular flexibility index (Phi) is 4.56. The van der Waals surface area contributed by atoms with Gasteiger partial charge in [0, 0.05) is 18.5 Å². The highest BCUT2D eigenvalue weighted by molar-refractivity contribution is 5.69. The molecule has 0 spiro atoms. The van der Waals surface area contributed by atoms with Crippen molar-refractivity contribution in [1.29, 1.82) is 0 Å². The third kappa shape index (κ3) is 3.34. The van der Waals surface area contributed by atoms with Gasteiger partial charge in [0.05, 0.1) is 19.3 Å². The summed E-state index contributed by atoms with van der Waals surface area (Å²) in [6.07, 6.45) is 0.309. The molecule has 2 heterocycles. The summed E-state index contributed by atoms with van der Waals surface area (Å²) in [7, 11) is 1.63. The van der Waals surface area contributed by atoms with Gasteiger partial charge >= 0.3 is 6.09 Å². The van der Waals surface area contributed by atoms with E-state index in [2.05, 4.69) is 0 Å². The summed E-state index contributed by atoms with van der Waals surface area (Å²) >= 11 is 0. The molecular weight excluding hydrogens is 332 g/mol. The minimum atomic E-state index is -0.526. The molecule has 3 rings (SSSR count). The number of rotatable bonds is 2. The number of ether oxygens (including phenoxy) is 2. The van der Waals surface area contributed by atoms with Crippen LogP contribution in [0.15, 0.2) is 18.2 Å². The molecule has 1 amide bonds. The molecule has 0 atom stereocenters. The van der Waals surface area contributed by atoms with Crippen LogP contribution in [0, 0.1) is 6.92 Å². The van der Waals surface area contributed by atoms with Crippen molar-refractivity contribution in [2.45, 2.75) is 46.3 Å². The molecule has 0 radical (unpaired) electrons. The number of nitrogen functional groups attached to an aromatic ring is 1. The van der Waals surface area contributed by atoms with Crippen LogP contribution in [0.5, 0.6) is 5.75 Å². The molecule has 0 fully saturated rings. The molecular formula is C19H26N4O3. The Morgan fingerprint density at radius 1 is 1.31 bits per heavy atom. The van der Waals surface area contributed by atoms with Crippen LogP contribution in [0.25, 0.3) is 5.69 Å². The van der Waals surface area contributed by atoms with E-state index in [9.17, 15) is 4.79 Å². The van der Waals surface area contributed by atoms with E-state index in [-0.39, 0.29) is 6.09 Å². The summed E-state index contributed by atoms with van der Waals surface area (Å²) in [5, 5.41) is 4.69. The number of methoxy groups -OCH3 is 1. The predicted molar refractivity (Wildman–Crippen MR) is 99.6 cm³/mol. The van der Waals surface area contributed by atoms with Gasteiger partial charge in [-0.1, -0.05) is 12.1 Å². The summed E-state index contributed by atoms with van der Waals surface area (Å²) in [6.45, 7) is 8.52. The lowest BCUT2D eigenvalue weighted by molar-refractivity contribution is 0.0224. The van der Waals surface area contributed by atoms with Gasteiger partial charge in [-0.15, -0.1) is 0 Å². The molecule has 1 aromatic carbocycles. The smallest absolute Gasteiger partial charge is 0.410 e. The number of aromatic nitrogens is 2. The van der Waals surface area contributed by atoms with Crippen LogP contribution < -0.4 is 10.5 Å². The fraction of sp³-hybridized carbons (Fsp3) is 0.474. The van der Waals surface area contributed by atoms with E-state index in [1.54, 1.807) is 16.7 Å². The summed E-state index contributed by atoms with van der Waals surface area (Å²) in [5.41, 5.74) is 9.49. The van der Waals surface area contributed by atoms with Gasteiger partial charge < -0.3 is 20.1 Å². The highest BCUT2D eigenvalue weighted by atomic mass is 16.6. The zero-order valence-electron chi connectivity index (χ0n) is 16.0. The van der Waals surface area contributed by atoms with Crippen LogP contribution in [0.2, 0.25) is 0 Å². The number of para-hydroxylation sites is 1. The molecule has 140 valence electrons. The lowest BCUT2D eigenvalue weighted by Gasteiger charge is -2.29. The number of anilines is 1. The second-order valence-electron chi connectivity index (χ2n) is 7.50. The molecule has 7 nitrogen and oxygen atoms in total. The van der Waals surface area contributed by atoms with Gasteiger partial charge in [-0.3, -0.25) is 0 Å². The largest absolute Gasteiger partial charge is 0.494 e. The van der Waals surface area contributed by atoms with E-state index >= 15 is 0 Å². The van der Waals surface area contributed by atoms with Gasteiger partial charge in [-0.25, -0.2) is 9.48 Å². The lowest BCUT2D eigenvalue weighted by atomic mass is 10.1. The molecule has 1 aliphatic heterocycles. The van der Waals surface area contributed by atoms with Crippen LogP contribution in [0.3, 0.4) is 0 Å². The predicted octanol–water partition coefficient (Wildman–Crippen LogP) is 3.06. The van der Waals surface area contributed by atoms with Crippen LogP contribution in [0.4, 0.5) is 10.6 Å². The Morgan fingerprint density at radius 3 is 2.69 bits per heavy atom. The highest BCUT2D eigenvalue weighted by Crippen LogP contribution is 2.32. The molecule has 2 aromatic rings. The van der Waals surface area contributed by atoms with Crippen LogP contribution in [-0.4, -0.2) is 40.0 Å². The molecule has 26 heavy (non-hydrogen) atoms. The molecule has 1 aliphatic rings. The molecule has 0 aliphatic carbocycles. The van der Waals surface area contributed by atoms with Crippen molar-refractivity contribution in [3.05, 3.63) is 35.0 Å². The number of nitrogens with zero attached hydrogens (tertiary/aromatic N) is 3. The number of carbonyl (C=O) groups is 1. The Bertz CT molecular complexity index is 836. The molecule has 1 aromatic heterocycles. The molecule has 0 saturated carbocycles. The van der Waals surface area contributed by atoms with Crippen molar-refractivity contribution >= 4 is 11.9 Å². The number of hydrogen-bond acceptors (Lipinski definition) is 5. The minimum absolute atomic E-state index is 0.330. The first kappa shape index (κ1) is 18.1. The third-order valence-corrected chi connectivity index (χ3v) is 4.36. The second-order valence-corrected chi connectivity index (χ2v) is 7.50. The van der Waals surface area contributed by atoms with Gasteiger partial charge in [0.15, 0.2) is 0 Å². The van der Waals surface area contributed by atoms with Crippen molar-refractivity contribution in [3.63, 3.8) is 0 Å². The second kappa shape index (κ2) is 6.55. The SMILES string of the molecule is COc1cccc(C)c1-n1nc2c(c1N)CN(C(=O)OC(C)(C)C)CC2. The highest BCUT2D eigenvalue weighted by Gasteiger charge is 2.30. The molecule has 0 bridgehead atoms. The van der Waals surface area contributed by atoms with E-state index in [4.69, 9.17) is 20.3 Å². The maximum Gasteiger partial charge on any atom is 0.410 e. The van der Waals surface area contributed by atoms with Crippen LogP contribution >= 0.6 is 0 Å². The number of amides is 1. The summed E-state index contributed by atoms with van der Waals surface area (Å²) in [5.74, 6) is 1.24. The van der Waals surface area contributed by atoms with E-state index in [0.717, 1.165) is 22.5 Å². The summed E-state index contributed by atoms with van der Waals surface area (Å²) in [6, 6.07) is 5.81. The molecule has 2 N–H and O–H groups in total. The number of nitrogens with two attached hydrogens (primary N) is 1. The van der Waals surface area contributed by atoms with Gasteiger partial charge in [-0.2, -0.15) is 5.10 Å².